The van der Waals surface area contributed by atoms with Crippen molar-refractivity contribution in [3.63, 3.8) is 0 Å². The van der Waals surface area contributed by atoms with Gasteiger partial charge in [-0.1, -0.05) is 65.0 Å². The molecule has 0 bridgehead atoms. The average molecular weight is 456 g/mol. The molecule has 1 heterocycles. The summed E-state index contributed by atoms with van der Waals surface area (Å²) in [6.45, 7) is 0. The molecule has 1 amide bonds. The van der Waals surface area contributed by atoms with Crippen LogP contribution in [0.2, 0.25) is 5.02 Å². The number of benzene rings is 2. The molecule has 0 atom stereocenters. The molecule has 1 aromatic heterocycles. The van der Waals surface area contributed by atoms with Gasteiger partial charge in [0.25, 0.3) is 0 Å². The highest BCUT2D eigenvalue weighted by Crippen LogP contribution is 2.32. The zero-order valence-electron chi connectivity index (χ0n) is 14.6. The minimum Gasteiger partial charge on any atom is -0.297 e. The number of carbonyl (C=O) groups excluding carboxylic acids is 1. The van der Waals surface area contributed by atoms with Crippen molar-refractivity contribution < 1.29 is 18.0 Å². The fraction of sp³-hybridized carbons (Fsp3) is 0.105. The molecule has 0 radical (unpaired) electrons. The lowest BCUT2D eigenvalue weighted by Gasteiger charge is -2.08. The lowest BCUT2D eigenvalue weighted by atomic mass is 10.1. The van der Waals surface area contributed by atoms with E-state index in [4.69, 9.17) is 11.6 Å². The molecule has 0 saturated heterocycles. The molecule has 4 nitrogen and oxygen atoms in total. The molecule has 3 rings (SSSR count). The summed E-state index contributed by atoms with van der Waals surface area (Å²) < 4.78 is 39.1. The van der Waals surface area contributed by atoms with Crippen LogP contribution in [0.3, 0.4) is 0 Å². The highest BCUT2D eigenvalue weighted by Gasteiger charge is 2.30. The molecule has 2 aromatic carbocycles. The van der Waals surface area contributed by atoms with E-state index in [1.54, 1.807) is 0 Å². The van der Waals surface area contributed by atoms with Gasteiger partial charge in [-0.2, -0.15) is 13.2 Å². The molecule has 0 saturated carbocycles. The van der Waals surface area contributed by atoms with Crippen LogP contribution in [0.5, 0.6) is 0 Å². The van der Waals surface area contributed by atoms with Crippen molar-refractivity contribution in [2.24, 2.45) is 0 Å². The number of nitrogens with zero attached hydrogens (tertiary/aromatic N) is 2. The summed E-state index contributed by atoms with van der Waals surface area (Å²) in [6.07, 6.45) is -2.17. The summed E-state index contributed by atoms with van der Waals surface area (Å²) in [4.78, 5) is 12.0. The monoisotopic (exact) mass is 455 g/mol. The first-order chi connectivity index (χ1) is 13.8. The van der Waals surface area contributed by atoms with E-state index in [1.165, 1.54) is 29.2 Å². The van der Waals surface area contributed by atoms with Gasteiger partial charge < -0.3 is 0 Å². The van der Waals surface area contributed by atoms with Crippen molar-refractivity contribution in [3.05, 3.63) is 76.3 Å². The lowest BCUT2D eigenvalue weighted by molar-refractivity contribution is -0.137. The topological polar surface area (TPSA) is 54.9 Å². The number of hydrogen-bond acceptors (Lipinski definition) is 5. The SMILES string of the molecule is O=C(/C=C/c1cc(C(F)(F)F)ccc1Cl)Nc1nnc(SCc2ccccc2)s1. The summed E-state index contributed by atoms with van der Waals surface area (Å²) >= 11 is 8.61. The van der Waals surface area contributed by atoms with Crippen molar-refractivity contribution >= 4 is 51.8 Å². The van der Waals surface area contributed by atoms with Gasteiger partial charge in [-0.15, -0.1) is 10.2 Å². The number of carbonyl (C=O) groups is 1. The Balaban J connectivity index is 1.59. The number of halogens is 4. The Hall–Kier alpha value is -2.36. The Morgan fingerprint density at radius 1 is 1.17 bits per heavy atom. The first-order valence-electron chi connectivity index (χ1n) is 8.17. The Morgan fingerprint density at radius 3 is 2.66 bits per heavy atom. The molecule has 0 aliphatic carbocycles. The largest absolute Gasteiger partial charge is 0.416 e. The molecule has 0 unspecified atom stereocenters. The summed E-state index contributed by atoms with van der Waals surface area (Å²) in [5.74, 6) is 0.173. The summed E-state index contributed by atoms with van der Waals surface area (Å²) in [6, 6.07) is 12.7. The van der Waals surface area contributed by atoms with E-state index in [9.17, 15) is 18.0 Å². The maximum Gasteiger partial charge on any atom is 0.416 e. The van der Waals surface area contributed by atoms with Gasteiger partial charge >= 0.3 is 6.18 Å². The fourth-order valence-corrected chi connectivity index (χ4v) is 4.09. The third kappa shape index (κ3) is 6.31. The maximum absolute atomic E-state index is 12.8. The Kier molecular flexibility index (Phi) is 6.94. The Labute approximate surface area is 177 Å². The highest BCUT2D eigenvalue weighted by atomic mass is 35.5. The molecule has 29 heavy (non-hydrogen) atoms. The van der Waals surface area contributed by atoms with E-state index in [1.807, 2.05) is 30.3 Å². The molecule has 1 N–H and O–H groups in total. The average Bonchev–Trinajstić information content (AvgIpc) is 3.13. The van der Waals surface area contributed by atoms with Crippen molar-refractivity contribution in [2.75, 3.05) is 5.32 Å². The Morgan fingerprint density at radius 2 is 1.93 bits per heavy atom. The zero-order valence-corrected chi connectivity index (χ0v) is 17.0. The quantitative estimate of drug-likeness (QED) is 0.275. The van der Waals surface area contributed by atoms with Crippen LogP contribution < -0.4 is 5.32 Å². The third-order valence-electron chi connectivity index (χ3n) is 3.58. The maximum atomic E-state index is 12.8. The number of anilines is 1. The minimum absolute atomic E-state index is 0.0908. The highest BCUT2D eigenvalue weighted by molar-refractivity contribution is 8.00. The van der Waals surface area contributed by atoms with Gasteiger partial charge in [-0.25, -0.2) is 0 Å². The smallest absolute Gasteiger partial charge is 0.297 e. The van der Waals surface area contributed by atoms with E-state index >= 15 is 0 Å². The van der Waals surface area contributed by atoms with E-state index in [0.717, 1.165) is 35.6 Å². The second-order valence-electron chi connectivity index (χ2n) is 5.70. The minimum atomic E-state index is -4.49. The zero-order chi connectivity index (χ0) is 20.9. The van der Waals surface area contributed by atoms with Gasteiger partial charge in [-0.3, -0.25) is 10.1 Å². The van der Waals surface area contributed by atoms with E-state index < -0.39 is 17.6 Å². The third-order valence-corrected chi connectivity index (χ3v) is 5.97. The second-order valence-corrected chi connectivity index (χ2v) is 8.31. The van der Waals surface area contributed by atoms with E-state index in [2.05, 4.69) is 15.5 Å². The van der Waals surface area contributed by atoms with E-state index in [0.29, 0.717) is 9.47 Å². The van der Waals surface area contributed by atoms with Crippen LogP contribution in [0.15, 0.2) is 58.9 Å². The van der Waals surface area contributed by atoms with Crippen LogP contribution in [0, 0.1) is 0 Å². The molecule has 0 spiro atoms. The normalized spacial score (nSPS) is 11.7. The number of amides is 1. The van der Waals surface area contributed by atoms with Gasteiger partial charge in [-0.05, 0) is 35.4 Å². The first-order valence-corrected chi connectivity index (χ1v) is 10.4. The number of aromatic nitrogens is 2. The lowest BCUT2D eigenvalue weighted by Crippen LogP contribution is -2.07. The van der Waals surface area contributed by atoms with E-state index in [-0.39, 0.29) is 10.6 Å². The van der Waals surface area contributed by atoms with Gasteiger partial charge in [0, 0.05) is 16.9 Å². The van der Waals surface area contributed by atoms with Crippen LogP contribution in [-0.4, -0.2) is 16.1 Å². The van der Waals surface area contributed by atoms with Crippen LogP contribution in [-0.2, 0) is 16.7 Å². The van der Waals surface area contributed by atoms with Crippen LogP contribution in [0.4, 0.5) is 18.3 Å². The Bertz CT molecular complexity index is 1020. The molecule has 150 valence electrons. The predicted octanol–water partition coefficient (Wildman–Crippen LogP) is 6.15. The number of nitrogens with one attached hydrogen (secondary N) is 1. The number of rotatable bonds is 6. The first kappa shape index (κ1) is 21.4. The van der Waals surface area contributed by atoms with Gasteiger partial charge in [0.05, 0.1) is 5.56 Å². The number of hydrogen-bond donors (Lipinski definition) is 1. The van der Waals surface area contributed by atoms with Crippen LogP contribution in [0.1, 0.15) is 16.7 Å². The van der Waals surface area contributed by atoms with Crippen molar-refractivity contribution in [1.29, 1.82) is 0 Å². The van der Waals surface area contributed by atoms with Crippen LogP contribution >= 0.6 is 34.7 Å². The molecule has 0 aliphatic rings. The molecule has 0 fully saturated rings. The number of alkyl halides is 3. The van der Waals surface area contributed by atoms with Gasteiger partial charge in [0.15, 0.2) is 4.34 Å². The van der Waals surface area contributed by atoms with Crippen molar-refractivity contribution in [3.8, 4) is 0 Å². The van der Waals surface area contributed by atoms with Gasteiger partial charge in [0.1, 0.15) is 0 Å². The molecule has 0 aliphatic heterocycles. The van der Waals surface area contributed by atoms with Crippen molar-refractivity contribution in [1.82, 2.24) is 10.2 Å². The molecule has 3 aromatic rings. The van der Waals surface area contributed by atoms with Crippen molar-refractivity contribution in [2.45, 2.75) is 16.3 Å². The van der Waals surface area contributed by atoms with Gasteiger partial charge in [0.2, 0.25) is 11.0 Å². The summed E-state index contributed by atoms with van der Waals surface area (Å²) in [7, 11) is 0. The van der Waals surface area contributed by atoms with Crippen LogP contribution in [0.25, 0.3) is 6.08 Å². The molecule has 10 heteroatoms. The molecular formula is C19H13ClF3N3OS2. The molecular weight excluding hydrogens is 443 g/mol. The summed E-state index contributed by atoms with van der Waals surface area (Å²) in [5, 5.41) is 10.8. The standard InChI is InChI=1S/C19H13ClF3N3OS2/c20-15-8-7-14(19(21,22)23)10-13(15)6-9-16(27)24-17-25-26-18(29-17)28-11-12-4-2-1-3-5-12/h1-10H,11H2,(H,24,25,27)/b9-6+. The predicted molar refractivity (Wildman–Crippen MR) is 110 cm³/mol. The number of thioether (sulfide) groups is 1. The summed E-state index contributed by atoms with van der Waals surface area (Å²) in [5.41, 5.74) is 0.387. The second kappa shape index (κ2) is 9.43. The fourth-order valence-electron chi connectivity index (χ4n) is 2.20.